The number of nitrogens with zero attached hydrogens (tertiary/aromatic N) is 3. The molecule has 0 aromatic carbocycles. The average molecular weight is 287 g/mol. The van der Waals surface area contributed by atoms with E-state index in [1.54, 1.807) is 10.9 Å². The first kappa shape index (κ1) is 10.6. The molecule has 3 nitrogen and oxygen atoms in total. The van der Waals surface area contributed by atoms with Crippen molar-refractivity contribution in [3.63, 3.8) is 0 Å². The minimum atomic E-state index is 0.688. The highest BCUT2D eigenvalue weighted by Gasteiger charge is 2.13. The molecule has 0 unspecified atom stereocenters. The fraction of sp³-hybridized carbons (Fsp3) is 0.200. The van der Waals surface area contributed by atoms with E-state index in [4.69, 9.17) is 11.6 Å². The molecule has 0 fully saturated rings. The van der Waals surface area contributed by atoms with Crippen molar-refractivity contribution in [1.29, 1.82) is 0 Å². The molecule has 0 radical (unpaired) electrons. The van der Waals surface area contributed by atoms with Crippen molar-refractivity contribution in [2.24, 2.45) is 0 Å². The minimum absolute atomic E-state index is 0.688. The molecule has 78 valence electrons. The van der Waals surface area contributed by atoms with Crippen molar-refractivity contribution >= 4 is 27.5 Å². The number of hydrogen-bond donors (Lipinski definition) is 0. The van der Waals surface area contributed by atoms with Gasteiger partial charge in [-0.2, -0.15) is 5.10 Å². The van der Waals surface area contributed by atoms with Crippen LogP contribution in [-0.2, 0) is 0 Å². The SMILES string of the molecule is Cc1nn(-c2ncccc2Br)c(C)c1Cl. The van der Waals surface area contributed by atoms with Crippen LogP contribution in [0.3, 0.4) is 0 Å². The van der Waals surface area contributed by atoms with Gasteiger partial charge < -0.3 is 0 Å². The molecule has 0 N–H and O–H groups in total. The second-order valence-corrected chi connectivity index (χ2v) is 4.44. The van der Waals surface area contributed by atoms with Crippen LogP contribution in [0.2, 0.25) is 5.02 Å². The molecule has 2 rings (SSSR count). The fourth-order valence-electron chi connectivity index (χ4n) is 1.36. The Labute approximate surface area is 101 Å². The van der Waals surface area contributed by atoms with E-state index < -0.39 is 0 Å². The van der Waals surface area contributed by atoms with Crippen LogP contribution in [0.15, 0.2) is 22.8 Å². The average Bonchev–Trinajstić information content (AvgIpc) is 2.47. The predicted molar refractivity (Wildman–Crippen MR) is 63.5 cm³/mol. The second-order valence-electron chi connectivity index (χ2n) is 3.21. The van der Waals surface area contributed by atoms with Crippen LogP contribution < -0.4 is 0 Å². The highest BCUT2D eigenvalue weighted by Crippen LogP contribution is 2.24. The van der Waals surface area contributed by atoms with E-state index in [9.17, 15) is 0 Å². The Morgan fingerprint density at radius 1 is 1.40 bits per heavy atom. The number of pyridine rings is 1. The van der Waals surface area contributed by atoms with Gasteiger partial charge in [0, 0.05) is 6.20 Å². The van der Waals surface area contributed by atoms with E-state index in [0.29, 0.717) is 5.02 Å². The summed E-state index contributed by atoms with van der Waals surface area (Å²) in [5.74, 6) is 0.755. The van der Waals surface area contributed by atoms with Crippen LogP contribution in [0.25, 0.3) is 5.82 Å². The lowest BCUT2D eigenvalue weighted by molar-refractivity contribution is 0.802. The number of hydrogen-bond acceptors (Lipinski definition) is 2. The van der Waals surface area contributed by atoms with Gasteiger partial charge >= 0.3 is 0 Å². The monoisotopic (exact) mass is 285 g/mol. The molecular weight excluding hydrogens is 277 g/mol. The molecule has 0 amide bonds. The molecule has 0 bridgehead atoms. The van der Waals surface area contributed by atoms with Crippen LogP contribution >= 0.6 is 27.5 Å². The third-order valence-corrected chi connectivity index (χ3v) is 3.31. The Morgan fingerprint density at radius 2 is 2.13 bits per heavy atom. The summed E-state index contributed by atoms with van der Waals surface area (Å²) in [4.78, 5) is 4.26. The highest BCUT2D eigenvalue weighted by molar-refractivity contribution is 9.10. The first-order valence-electron chi connectivity index (χ1n) is 4.44. The molecule has 0 saturated heterocycles. The molecule has 2 heterocycles. The molecule has 0 spiro atoms. The van der Waals surface area contributed by atoms with Crippen molar-refractivity contribution in [2.75, 3.05) is 0 Å². The van der Waals surface area contributed by atoms with Crippen LogP contribution in [-0.4, -0.2) is 14.8 Å². The lowest BCUT2D eigenvalue weighted by Crippen LogP contribution is -2.02. The Kier molecular flexibility index (Phi) is 2.80. The summed E-state index contributed by atoms with van der Waals surface area (Å²) in [5, 5.41) is 5.02. The van der Waals surface area contributed by atoms with Crippen LogP contribution in [0.4, 0.5) is 0 Å². The van der Waals surface area contributed by atoms with Crippen molar-refractivity contribution in [3.05, 3.63) is 39.2 Å². The topological polar surface area (TPSA) is 30.7 Å². The molecule has 0 aliphatic carbocycles. The van der Waals surface area contributed by atoms with Crippen LogP contribution in [0.5, 0.6) is 0 Å². The Morgan fingerprint density at radius 3 is 2.67 bits per heavy atom. The molecule has 5 heteroatoms. The summed E-state index contributed by atoms with van der Waals surface area (Å²) in [6.07, 6.45) is 1.73. The molecule has 0 aliphatic heterocycles. The quantitative estimate of drug-likeness (QED) is 0.805. The summed E-state index contributed by atoms with van der Waals surface area (Å²) in [6.45, 7) is 3.80. The Bertz CT molecular complexity index is 507. The van der Waals surface area contributed by atoms with Crippen LogP contribution in [0, 0.1) is 13.8 Å². The summed E-state index contributed by atoms with van der Waals surface area (Å²) >= 11 is 9.51. The van der Waals surface area contributed by atoms with E-state index >= 15 is 0 Å². The van der Waals surface area contributed by atoms with Gasteiger partial charge in [0.25, 0.3) is 0 Å². The summed E-state index contributed by atoms with van der Waals surface area (Å²) in [7, 11) is 0. The first-order valence-corrected chi connectivity index (χ1v) is 5.61. The Hall–Kier alpha value is -0.870. The second kappa shape index (κ2) is 3.94. The molecule has 0 saturated carbocycles. The van der Waals surface area contributed by atoms with Gasteiger partial charge in [-0.15, -0.1) is 0 Å². The zero-order valence-electron chi connectivity index (χ0n) is 8.33. The van der Waals surface area contributed by atoms with Gasteiger partial charge in [-0.25, -0.2) is 9.67 Å². The predicted octanol–water partition coefficient (Wildman–Crippen LogP) is 3.30. The van der Waals surface area contributed by atoms with Crippen molar-refractivity contribution in [1.82, 2.24) is 14.8 Å². The van der Waals surface area contributed by atoms with Crippen molar-refractivity contribution < 1.29 is 0 Å². The van der Waals surface area contributed by atoms with E-state index in [1.165, 1.54) is 0 Å². The standard InChI is InChI=1S/C10H9BrClN3/c1-6-9(12)7(2)15(14-6)10-8(11)4-3-5-13-10/h3-5H,1-2H3. The normalized spacial score (nSPS) is 10.7. The fourth-order valence-corrected chi connectivity index (χ4v) is 1.90. The summed E-state index contributed by atoms with van der Waals surface area (Å²) < 4.78 is 2.63. The van der Waals surface area contributed by atoms with Crippen molar-refractivity contribution in [3.8, 4) is 5.82 Å². The highest BCUT2D eigenvalue weighted by atomic mass is 79.9. The van der Waals surface area contributed by atoms with Gasteiger partial charge in [0.1, 0.15) is 0 Å². The maximum atomic E-state index is 6.07. The number of halogens is 2. The third-order valence-electron chi connectivity index (χ3n) is 2.14. The van der Waals surface area contributed by atoms with E-state index in [0.717, 1.165) is 21.7 Å². The largest absolute Gasteiger partial charge is 0.236 e. The maximum Gasteiger partial charge on any atom is 0.167 e. The first-order chi connectivity index (χ1) is 7.11. The van der Waals surface area contributed by atoms with E-state index in [-0.39, 0.29) is 0 Å². The van der Waals surface area contributed by atoms with Gasteiger partial charge in [-0.05, 0) is 41.9 Å². The van der Waals surface area contributed by atoms with Crippen molar-refractivity contribution in [2.45, 2.75) is 13.8 Å². The lowest BCUT2D eigenvalue weighted by atomic mass is 10.4. The van der Waals surface area contributed by atoms with E-state index in [1.807, 2.05) is 26.0 Å². The number of aromatic nitrogens is 3. The smallest absolute Gasteiger partial charge is 0.167 e. The molecule has 0 aliphatic rings. The minimum Gasteiger partial charge on any atom is -0.236 e. The molecule has 2 aromatic rings. The molecule has 2 aromatic heterocycles. The maximum absolute atomic E-state index is 6.07. The van der Waals surface area contributed by atoms with Gasteiger partial charge in [-0.3, -0.25) is 0 Å². The molecular formula is C10H9BrClN3. The van der Waals surface area contributed by atoms with Gasteiger partial charge in [0.15, 0.2) is 5.82 Å². The lowest BCUT2D eigenvalue weighted by Gasteiger charge is -2.04. The zero-order valence-corrected chi connectivity index (χ0v) is 10.7. The number of aryl methyl sites for hydroxylation is 1. The Balaban J connectivity index is 2.65. The summed E-state index contributed by atoms with van der Waals surface area (Å²) in [5.41, 5.74) is 1.71. The summed E-state index contributed by atoms with van der Waals surface area (Å²) in [6, 6.07) is 3.79. The van der Waals surface area contributed by atoms with Gasteiger partial charge in [0.05, 0.1) is 20.9 Å². The van der Waals surface area contributed by atoms with E-state index in [2.05, 4.69) is 26.0 Å². The van der Waals surface area contributed by atoms with Gasteiger partial charge in [0.2, 0.25) is 0 Å². The zero-order chi connectivity index (χ0) is 11.0. The molecule has 0 atom stereocenters. The van der Waals surface area contributed by atoms with Gasteiger partial charge in [-0.1, -0.05) is 11.6 Å². The van der Waals surface area contributed by atoms with Crippen LogP contribution in [0.1, 0.15) is 11.4 Å². The third kappa shape index (κ3) is 1.79. The number of rotatable bonds is 1. The molecule has 15 heavy (non-hydrogen) atoms.